The van der Waals surface area contributed by atoms with Crippen molar-refractivity contribution in [2.45, 2.75) is 6.42 Å². The van der Waals surface area contributed by atoms with E-state index in [4.69, 9.17) is 10.6 Å². The Morgan fingerprint density at radius 1 is 1.21 bits per heavy atom. The highest BCUT2D eigenvalue weighted by Crippen LogP contribution is 2.08. The van der Waals surface area contributed by atoms with Crippen LogP contribution in [0.5, 0.6) is 0 Å². The molecule has 0 spiro atoms. The molecule has 1 aliphatic rings. The molecular formula is C11H12N2O. The molecule has 0 bridgehead atoms. The predicted octanol–water partition coefficient (Wildman–Crippen LogP) is 2.06. The van der Waals surface area contributed by atoms with Gasteiger partial charge in [0.25, 0.3) is 0 Å². The van der Waals surface area contributed by atoms with Gasteiger partial charge in [-0.2, -0.15) is 0 Å². The number of hydrogen-bond acceptors (Lipinski definition) is 3. The van der Waals surface area contributed by atoms with E-state index in [-0.39, 0.29) is 0 Å². The van der Waals surface area contributed by atoms with Gasteiger partial charge in [0.15, 0.2) is 0 Å². The van der Waals surface area contributed by atoms with Crippen molar-refractivity contribution in [2.75, 3.05) is 12.3 Å². The summed E-state index contributed by atoms with van der Waals surface area (Å²) in [5.74, 6) is 0. The van der Waals surface area contributed by atoms with Gasteiger partial charge in [0, 0.05) is 12.1 Å². The van der Waals surface area contributed by atoms with Crippen molar-refractivity contribution in [1.82, 2.24) is 0 Å². The average molecular weight is 188 g/mol. The van der Waals surface area contributed by atoms with Crippen molar-refractivity contribution in [3.05, 3.63) is 35.9 Å². The molecule has 2 N–H and O–H groups in total. The molecule has 1 aromatic rings. The summed E-state index contributed by atoms with van der Waals surface area (Å²) in [5.41, 5.74) is 8.47. The van der Waals surface area contributed by atoms with Crippen molar-refractivity contribution in [2.24, 2.45) is 5.16 Å². The number of nitrogens with zero attached hydrogens (tertiary/aromatic N) is 1. The normalized spacial score (nSPS) is 15.6. The lowest BCUT2D eigenvalue weighted by molar-refractivity contribution is 0.174. The molecule has 1 aliphatic heterocycles. The number of hydrogen-bond donors (Lipinski definition) is 1. The molecule has 1 aromatic carbocycles. The van der Waals surface area contributed by atoms with Crippen LogP contribution in [-0.4, -0.2) is 12.3 Å². The molecule has 72 valence electrons. The quantitative estimate of drug-likeness (QED) is 0.722. The largest absolute Gasteiger partial charge is 0.399 e. The van der Waals surface area contributed by atoms with Crippen LogP contribution in [0.15, 0.2) is 35.5 Å². The second kappa shape index (κ2) is 3.96. The summed E-state index contributed by atoms with van der Waals surface area (Å²) in [4.78, 5) is 4.88. The van der Waals surface area contributed by atoms with E-state index in [0.717, 1.165) is 23.4 Å². The van der Waals surface area contributed by atoms with Gasteiger partial charge in [-0.05, 0) is 23.8 Å². The van der Waals surface area contributed by atoms with Gasteiger partial charge in [-0.15, -0.1) is 0 Å². The molecule has 3 nitrogen and oxygen atoms in total. The van der Waals surface area contributed by atoms with Gasteiger partial charge in [0.2, 0.25) is 0 Å². The van der Waals surface area contributed by atoms with Gasteiger partial charge in [0.1, 0.15) is 6.61 Å². The lowest BCUT2D eigenvalue weighted by Gasteiger charge is -1.94. The number of anilines is 1. The van der Waals surface area contributed by atoms with Gasteiger partial charge in [-0.25, -0.2) is 0 Å². The minimum absolute atomic E-state index is 0.696. The zero-order chi connectivity index (χ0) is 9.80. The Morgan fingerprint density at radius 2 is 2.00 bits per heavy atom. The fourth-order valence-electron chi connectivity index (χ4n) is 1.24. The fourth-order valence-corrected chi connectivity index (χ4v) is 1.24. The Morgan fingerprint density at radius 3 is 2.64 bits per heavy atom. The number of nitrogens with two attached hydrogens (primary N) is 1. The Balaban J connectivity index is 2.06. The Bertz CT molecular complexity index is 365. The number of nitrogen functional groups attached to an aromatic ring is 1. The molecule has 0 amide bonds. The third kappa shape index (κ3) is 2.13. The Hall–Kier alpha value is -1.77. The molecule has 0 saturated carbocycles. The molecule has 0 aromatic heterocycles. The number of allylic oxidation sites excluding steroid dienone is 1. The summed E-state index contributed by atoms with van der Waals surface area (Å²) in [5, 5.41) is 3.87. The zero-order valence-corrected chi connectivity index (χ0v) is 7.81. The Kier molecular flexibility index (Phi) is 2.49. The minimum Gasteiger partial charge on any atom is -0.399 e. The van der Waals surface area contributed by atoms with E-state index in [2.05, 4.69) is 5.16 Å². The average Bonchev–Trinajstić information content (AvgIpc) is 2.70. The first-order valence-corrected chi connectivity index (χ1v) is 4.57. The molecule has 0 aliphatic carbocycles. The molecule has 0 saturated heterocycles. The first-order chi connectivity index (χ1) is 6.84. The van der Waals surface area contributed by atoms with Crippen LogP contribution in [0.2, 0.25) is 0 Å². The van der Waals surface area contributed by atoms with Crippen LogP contribution >= 0.6 is 0 Å². The van der Waals surface area contributed by atoms with E-state index < -0.39 is 0 Å². The molecule has 0 atom stereocenters. The van der Waals surface area contributed by atoms with E-state index in [1.54, 1.807) is 0 Å². The molecule has 2 rings (SSSR count). The first-order valence-electron chi connectivity index (χ1n) is 4.57. The molecular weight excluding hydrogens is 176 g/mol. The smallest absolute Gasteiger partial charge is 0.122 e. The maximum absolute atomic E-state index is 5.58. The van der Waals surface area contributed by atoms with Crippen LogP contribution in [0.25, 0.3) is 6.08 Å². The molecule has 0 radical (unpaired) electrons. The lowest BCUT2D eigenvalue weighted by Crippen LogP contribution is -1.87. The minimum atomic E-state index is 0.696. The second-order valence-corrected chi connectivity index (χ2v) is 3.17. The summed E-state index contributed by atoms with van der Waals surface area (Å²) < 4.78 is 0. The summed E-state index contributed by atoms with van der Waals surface area (Å²) in [6, 6.07) is 7.71. The summed E-state index contributed by atoms with van der Waals surface area (Å²) >= 11 is 0. The fraction of sp³-hybridized carbons (Fsp3) is 0.182. The third-order valence-corrected chi connectivity index (χ3v) is 2.04. The molecule has 3 heteroatoms. The first kappa shape index (κ1) is 8.81. The molecule has 0 unspecified atom stereocenters. The number of oxime groups is 1. The third-order valence-electron chi connectivity index (χ3n) is 2.04. The van der Waals surface area contributed by atoms with Gasteiger partial charge in [-0.1, -0.05) is 23.4 Å². The van der Waals surface area contributed by atoms with E-state index in [9.17, 15) is 0 Å². The molecule has 14 heavy (non-hydrogen) atoms. The van der Waals surface area contributed by atoms with Crippen molar-refractivity contribution in [3.63, 3.8) is 0 Å². The van der Waals surface area contributed by atoms with Crippen molar-refractivity contribution in [1.29, 1.82) is 0 Å². The monoisotopic (exact) mass is 188 g/mol. The van der Waals surface area contributed by atoms with Crippen molar-refractivity contribution >= 4 is 17.5 Å². The highest BCUT2D eigenvalue weighted by Gasteiger charge is 2.02. The predicted molar refractivity (Wildman–Crippen MR) is 57.9 cm³/mol. The van der Waals surface area contributed by atoms with Crippen molar-refractivity contribution in [3.8, 4) is 0 Å². The van der Waals surface area contributed by atoms with Gasteiger partial charge in [-0.3, -0.25) is 0 Å². The van der Waals surface area contributed by atoms with Crippen molar-refractivity contribution < 1.29 is 4.84 Å². The maximum Gasteiger partial charge on any atom is 0.122 e. The summed E-state index contributed by atoms with van der Waals surface area (Å²) in [6.07, 6.45) is 4.87. The molecule has 1 heterocycles. The van der Waals surface area contributed by atoms with Crippen LogP contribution in [0.4, 0.5) is 5.69 Å². The maximum atomic E-state index is 5.58. The summed E-state index contributed by atoms with van der Waals surface area (Å²) in [7, 11) is 0. The summed E-state index contributed by atoms with van der Waals surface area (Å²) in [6.45, 7) is 0.696. The van der Waals surface area contributed by atoms with E-state index in [1.165, 1.54) is 0 Å². The van der Waals surface area contributed by atoms with E-state index in [0.29, 0.717) is 6.61 Å². The standard InChI is InChI=1S/C11H12N2O/c12-10-4-1-9(2-5-10)3-6-11-7-8-14-13-11/h1-6H,7-8,12H2/b6-3+. The van der Waals surface area contributed by atoms with Crippen LogP contribution in [-0.2, 0) is 4.84 Å². The number of rotatable bonds is 2. The van der Waals surface area contributed by atoms with Crippen LogP contribution in [0.1, 0.15) is 12.0 Å². The van der Waals surface area contributed by atoms with Gasteiger partial charge < -0.3 is 10.6 Å². The number of benzene rings is 1. The van der Waals surface area contributed by atoms with E-state index in [1.807, 2.05) is 36.4 Å². The molecule has 0 fully saturated rings. The van der Waals surface area contributed by atoms with E-state index >= 15 is 0 Å². The SMILES string of the molecule is Nc1ccc(/C=C/C2=NOCC2)cc1. The van der Waals surface area contributed by atoms with Gasteiger partial charge >= 0.3 is 0 Å². The van der Waals surface area contributed by atoms with Gasteiger partial charge in [0.05, 0.1) is 5.71 Å². The zero-order valence-electron chi connectivity index (χ0n) is 7.81. The highest BCUT2D eigenvalue weighted by molar-refractivity contribution is 5.98. The van der Waals surface area contributed by atoms with Crippen LogP contribution in [0.3, 0.4) is 0 Å². The lowest BCUT2D eigenvalue weighted by atomic mass is 10.1. The van der Waals surface area contributed by atoms with Crippen LogP contribution in [0, 0.1) is 0 Å². The Labute approximate surface area is 82.9 Å². The topological polar surface area (TPSA) is 47.6 Å². The van der Waals surface area contributed by atoms with Crippen LogP contribution < -0.4 is 5.73 Å². The highest BCUT2D eigenvalue weighted by atomic mass is 16.6. The second-order valence-electron chi connectivity index (χ2n) is 3.17.